The molecule has 12 heteroatoms. The second-order valence-electron chi connectivity index (χ2n) is 10.0. The van der Waals surface area contributed by atoms with Crippen LogP contribution in [0.2, 0.25) is 5.15 Å². The number of aromatic nitrogens is 6. The molecule has 40 heavy (non-hydrogen) atoms. The molecule has 5 rings (SSSR count). The first-order valence-electron chi connectivity index (χ1n) is 13.4. The Hall–Kier alpha value is -3.83. The molecule has 0 bridgehead atoms. The van der Waals surface area contributed by atoms with Crippen LogP contribution in [0.5, 0.6) is 5.88 Å². The fourth-order valence-electron chi connectivity index (χ4n) is 4.80. The van der Waals surface area contributed by atoms with Gasteiger partial charge < -0.3 is 15.8 Å². The molecule has 0 spiro atoms. The van der Waals surface area contributed by atoms with Crippen LogP contribution in [0.4, 0.5) is 15.9 Å². The van der Waals surface area contributed by atoms with Gasteiger partial charge in [-0.05, 0) is 56.6 Å². The summed E-state index contributed by atoms with van der Waals surface area (Å²) in [5.74, 6) is 0.973. The van der Waals surface area contributed by atoms with E-state index in [2.05, 4.69) is 35.3 Å². The van der Waals surface area contributed by atoms with E-state index in [1.807, 2.05) is 6.92 Å². The second-order valence-corrected chi connectivity index (χ2v) is 10.4. The first-order chi connectivity index (χ1) is 19.4. The molecule has 5 heterocycles. The molecule has 1 aliphatic heterocycles. The number of piperidine rings is 1. The van der Waals surface area contributed by atoms with Crippen LogP contribution in [-0.2, 0) is 13.6 Å². The van der Waals surface area contributed by atoms with Crippen LogP contribution in [-0.4, -0.2) is 60.4 Å². The molecule has 1 saturated heterocycles. The zero-order chi connectivity index (χ0) is 28.1. The lowest BCUT2D eigenvalue weighted by Crippen LogP contribution is -2.29. The fraction of sp³-hybridized carbons (Fsp3) is 0.393. The molecule has 1 atom stereocenters. The molecule has 0 aliphatic carbocycles. The van der Waals surface area contributed by atoms with Crippen LogP contribution in [0.3, 0.4) is 0 Å². The van der Waals surface area contributed by atoms with Crippen molar-refractivity contribution in [1.82, 2.24) is 34.6 Å². The van der Waals surface area contributed by atoms with E-state index in [4.69, 9.17) is 22.1 Å². The number of nitrogens with two attached hydrogens (primary N) is 1. The fourth-order valence-corrected chi connectivity index (χ4v) is 4.96. The summed E-state index contributed by atoms with van der Waals surface area (Å²) in [6, 6.07) is 4.84. The van der Waals surface area contributed by atoms with Gasteiger partial charge in [0, 0.05) is 55.9 Å². The number of hydrogen-bond acceptors (Lipinski definition) is 9. The van der Waals surface area contributed by atoms with Crippen LogP contribution >= 0.6 is 11.6 Å². The number of likely N-dealkylation sites (tertiary alicyclic amines) is 1. The topological polar surface area (TPSA) is 120 Å². The third-order valence-corrected chi connectivity index (χ3v) is 7.08. The first kappa shape index (κ1) is 27.7. The van der Waals surface area contributed by atoms with Crippen molar-refractivity contribution in [1.29, 1.82) is 0 Å². The maximum Gasteiger partial charge on any atom is 0.222 e. The Kier molecular flexibility index (Phi) is 8.71. The van der Waals surface area contributed by atoms with Crippen LogP contribution in [0.25, 0.3) is 22.6 Å². The van der Waals surface area contributed by atoms with Gasteiger partial charge in [0.15, 0.2) is 5.82 Å². The largest absolute Gasteiger partial charge is 0.477 e. The smallest absolute Gasteiger partial charge is 0.222 e. The van der Waals surface area contributed by atoms with Gasteiger partial charge >= 0.3 is 0 Å². The Morgan fingerprint density at radius 3 is 2.70 bits per heavy atom. The van der Waals surface area contributed by atoms with Crippen molar-refractivity contribution in [2.45, 2.75) is 45.2 Å². The zero-order valence-corrected chi connectivity index (χ0v) is 23.4. The normalized spacial score (nSPS) is 14.7. The summed E-state index contributed by atoms with van der Waals surface area (Å²) in [5.41, 5.74) is 8.77. The number of aryl methyl sites for hydroxylation is 1. The van der Waals surface area contributed by atoms with Crippen molar-refractivity contribution in [2.75, 3.05) is 30.7 Å². The Bertz CT molecular complexity index is 1460. The van der Waals surface area contributed by atoms with Crippen molar-refractivity contribution in [3.05, 3.63) is 59.5 Å². The van der Waals surface area contributed by atoms with Gasteiger partial charge in [-0.3, -0.25) is 9.88 Å². The van der Waals surface area contributed by atoms with Crippen molar-refractivity contribution in [3.8, 4) is 28.5 Å². The van der Waals surface area contributed by atoms with Gasteiger partial charge in [0.05, 0.1) is 12.8 Å². The molecule has 0 unspecified atom stereocenters. The molecule has 1 fully saturated rings. The Morgan fingerprint density at radius 1 is 1.10 bits per heavy atom. The van der Waals surface area contributed by atoms with E-state index in [1.54, 1.807) is 54.7 Å². The number of ether oxygens (including phenoxy) is 1. The van der Waals surface area contributed by atoms with E-state index in [9.17, 15) is 0 Å². The molecule has 0 amide bonds. The summed E-state index contributed by atoms with van der Waals surface area (Å²) >= 11 is 6.21. The minimum absolute atomic E-state index is 0.0426. The van der Waals surface area contributed by atoms with E-state index in [-0.39, 0.29) is 17.6 Å². The van der Waals surface area contributed by atoms with Crippen molar-refractivity contribution in [3.63, 3.8) is 0 Å². The first-order valence-corrected chi connectivity index (χ1v) is 13.8. The highest BCUT2D eigenvalue weighted by molar-refractivity contribution is 6.29. The highest BCUT2D eigenvalue weighted by atomic mass is 35.5. The van der Waals surface area contributed by atoms with Crippen molar-refractivity contribution in [2.24, 2.45) is 7.05 Å². The Labute approximate surface area is 237 Å². The molecular weight excluding hydrogens is 533 g/mol. The molecule has 4 aromatic rings. The third-order valence-electron chi connectivity index (χ3n) is 6.87. The van der Waals surface area contributed by atoms with Gasteiger partial charge in [0.1, 0.15) is 28.0 Å². The Balaban J connectivity index is 1.25. The van der Waals surface area contributed by atoms with Gasteiger partial charge in [-0.25, -0.2) is 24.0 Å². The monoisotopic (exact) mass is 565 g/mol. The van der Waals surface area contributed by atoms with Crippen LogP contribution in [0.1, 0.15) is 38.2 Å². The number of nitrogen functional groups attached to an aromatic ring is 1. The Morgan fingerprint density at radius 2 is 1.93 bits per heavy atom. The summed E-state index contributed by atoms with van der Waals surface area (Å²) in [4.78, 5) is 19.6. The molecule has 3 N–H and O–H groups in total. The number of anilines is 2. The van der Waals surface area contributed by atoms with E-state index in [0.717, 1.165) is 18.7 Å². The maximum atomic E-state index is 15.3. The highest BCUT2D eigenvalue weighted by Crippen LogP contribution is 2.31. The summed E-state index contributed by atoms with van der Waals surface area (Å²) < 4.78 is 23.0. The zero-order valence-electron chi connectivity index (χ0n) is 22.6. The molecular formula is C28H33ClFN9O. The van der Waals surface area contributed by atoms with Crippen LogP contribution in [0, 0.1) is 5.82 Å². The van der Waals surface area contributed by atoms with Gasteiger partial charge in [0.2, 0.25) is 5.88 Å². The summed E-state index contributed by atoms with van der Waals surface area (Å²) in [6.45, 7) is 5.17. The van der Waals surface area contributed by atoms with Crippen LogP contribution < -0.4 is 15.8 Å². The highest BCUT2D eigenvalue weighted by Gasteiger charge is 2.19. The third kappa shape index (κ3) is 6.65. The molecule has 0 aromatic carbocycles. The average molecular weight is 566 g/mol. The second kappa shape index (κ2) is 12.6. The number of nitrogens with one attached hydrogen (secondary N) is 1. The number of pyridine rings is 2. The molecule has 1 aliphatic rings. The predicted molar refractivity (Wildman–Crippen MR) is 153 cm³/mol. The summed E-state index contributed by atoms with van der Waals surface area (Å²) in [6.07, 6.45) is 10.8. The molecule has 0 radical (unpaired) electrons. The van der Waals surface area contributed by atoms with Gasteiger partial charge in [0.25, 0.3) is 0 Å². The number of hydrogen-bond donors (Lipinski definition) is 2. The predicted octanol–water partition coefficient (Wildman–Crippen LogP) is 4.96. The average Bonchev–Trinajstić information content (AvgIpc) is 3.30. The summed E-state index contributed by atoms with van der Waals surface area (Å²) in [7, 11) is 1.79. The van der Waals surface area contributed by atoms with E-state index >= 15 is 4.39 Å². The molecule has 10 nitrogen and oxygen atoms in total. The lowest BCUT2D eigenvalue weighted by atomic mass is 10.1. The number of halogens is 2. The number of nitrogens with zero attached hydrogens (tertiary/aromatic N) is 7. The molecule has 4 aromatic heterocycles. The van der Waals surface area contributed by atoms with Gasteiger partial charge in [-0.15, -0.1) is 0 Å². The van der Waals surface area contributed by atoms with Gasteiger partial charge in [-0.1, -0.05) is 18.0 Å². The lowest BCUT2D eigenvalue weighted by molar-refractivity contribution is 0.220. The van der Waals surface area contributed by atoms with E-state index in [0.29, 0.717) is 59.1 Å². The standard InChI is InChI=1S/C28H33ClFN9O/c1-18(7-11-40-28-21(16-35-38(28)2)27-32-8-6-25(31)37-27)36-23-13-24(29)33-15-20(23)26-22(30)12-19(14-34-26)17-39-9-4-3-5-10-39/h6,8,12-16,18H,3-5,7,9-11,17H2,1-2H3,(H,33,36)(H2,31,32,37)/t18-/m0/s1. The van der Waals surface area contributed by atoms with Crippen molar-refractivity contribution >= 4 is 23.1 Å². The van der Waals surface area contributed by atoms with E-state index < -0.39 is 0 Å². The summed E-state index contributed by atoms with van der Waals surface area (Å²) in [5, 5.41) is 8.01. The van der Waals surface area contributed by atoms with Crippen molar-refractivity contribution < 1.29 is 9.13 Å². The maximum absolute atomic E-state index is 15.3. The SMILES string of the molecule is C[C@@H](CCOc1c(-c2nccc(N)n2)cnn1C)Nc1cc(Cl)ncc1-c1ncc(CN2CCCCC2)cc1F. The quantitative estimate of drug-likeness (QED) is 0.257. The van der Waals surface area contributed by atoms with E-state index in [1.165, 1.54) is 19.3 Å². The van der Waals surface area contributed by atoms with Gasteiger partial charge in [-0.2, -0.15) is 5.10 Å². The molecule has 0 saturated carbocycles. The minimum Gasteiger partial charge on any atom is -0.477 e. The number of rotatable bonds is 10. The van der Waals surface area contributed by atoms with Crippen LogP contribution in [0.15, 0.2) is 43.0 Å². The molecule has 210 valence electrons. The minimum atomic E-state index is -0.384. The lowest BCUT2D eigenvalue weighted by Gasteiger charge is -2.26.